The molecule has 0 aliphatic rings. The Morgan fingerprint density at radius 3 is 2.62 bits per heavy atom. The molecular formula is C13H22N2O. The summed E-state index contributed by atoms with van der Waals surface area (Å²) in [7, 11) is 1.74. The van der Waals surface area contributed by atoms with Gasteiger partial charge in [-0.25, -0.2) is 0 Å². The third-order valence-electron chi connectivity index (χ3n) is 2.60. The van der Waals surface area contributed by atoms with Gasteiger partial charge < -0.3 is 10.5 Å². The first kappa shape index (κ1) is 13.0. The fraction of sp³-hybridized carbons (Fsp3) is 0.538. The maximum absolute atomic E-state index is 5.94. The Labute approximate surface area is 98.2 Å². The highest BCUT2D eigenvalue weighted by atomic mass is 16.5. The Morgan fingerprint density at radius 2 is 2.00 bits per heavy atom. The first-order valence-electron chi connectivity index (χ1n) is 5.82. The van der Waals surface area contributed by atoms with Crippen molar-refractivity contribution >= 4 is 5.69 Å². The molecule has 1 aromatic rings. The van der Waals surface area contributed by atoms with E-state index < -0.39 is 0 Å². The monoisotopic (exact) mass is 222 g/mol. The number of anilines is 1. The number of nitrogens with two attached hydrogens (primary N) is 1. The summed E-state index contributed by atoms with van der Waals surface area (Å²) in [4.78, 5) is 2.37. The predicted molar refractivity (Wildman–Crippen MR) is 68.3 cm³/mol. The molecule has 16 heavy (non-hydrogen) atoms. The van der Waals surface area contributed by atoms with Gasteiger partial charge in [0.25, 0.3) is 0 Å². The van der Waals surface area contributed by atoms with E-state index in [1.54, 1.807) is 7.11 Å². The minimum Gasteiger partial charge on any atom is -0.398 e. The Hall–Kier alpha value is -1.06. The SMILES string of the molecule is CCCN(CCOC)Cc1ccccc1N. The first-order chi connectivity index (χ1) is 7.77. The van der Waals surface area contributed by atoms with Gasteiger partial charge in [-0.15, -0.1) is 0 Å². The Kier molecular flexibility index (Phi) is 5.90. The molecule has 0 unspecified atom stereocenters. The van der Waals surface area contributed by atoms with Crippen molar-refractivity contribution in [2.24, 2.45) is 0 Å². The van der Waals surface area contributed by atoms with Crippen molar-refractivity contribution in [2.75, 3.05) is 32.5 Å². The van der Waals surface area contributed by atoms with Crippen LogP contribution < -0.4 is 5.73 Å². The molecule has 1 rings (SSSR count). The summed E-state index contributed by atoms with van der Waals surface area (Å²) in [6.45, 7) is 5.90. The van der Waals surface area contributed by atoms with E-state index in [0.717, 1.165) is 38.3 Å². The summed E-state index contributed by atoms with van der Waals surface area (Å²) >= 11 is 0. The molecule has 0 heterocycles. The van der Waals surface area contributed by atoms with Crippen molar-refractivity contribution in [3.63, 3.8) is 0 Å². The second kappa shape index (κ2) is 7.25. The Bertz CT molecular complexity index is 302. The number of nitrogens with zero attached hydrogens (tertiary/aromatic N) is 1. The fourth-order valence-corrected chi connectivity index (χ4v) is 1.73. The highest BCUT2D eigenvalue weighted by molar-refractivity contribution is 5.46. The molecule has 0 aliphatic carbocycles. The third-order valence-corrected chi connectivity index (χ3v) is 2.60. The predicted octanol–water partition coefficient (Wildman–Crippen LogP) is 2.13. The molecule has 0 aliphatic heterocycles. The van der Waals surface area contributed by atoms with Crippen molar-refractivity contribution in [3.8, 4) is 0 Å². The van der Waals surface area contributed by atoms with Crippen LogP contribution in [-0.4, -0.2) is 31.7 Å². The van der Waals surface area contributed by atoms with Crippen LogP contribution in [0, 0.1) is 0 Å². The highest BCUT2D eigenvalue weighted by Gasteiger charge is 2.06. The molecule has 0 fully saturated rings. The lowest BCUT2D eigenvalue weighted by Gasteiger charge is -2.22. The van der Waals surface area contributed by atoms with Gasteiger partial charge in [-0.2, -0.15) is 0 Å². The minimum absolute atomic E-state index is 0.771. The van der Waals surface area contributed by atoms with E-state index in [1.807, 2.05) is 18.2 Å². The molecule has 0 saturated heterocycles. The van der Waals surface area contributed by atoms with Crippen LogP contribution >= 0.6 is 0 Å². The van der Waals surface area contributed by atoms with Crippen LogP contribution in [0.3, 0.4) is 0 Å². The zero-order valence-corrected chi connectivity index (χ0v) is 10.3. The average Bonchev–Trinajstić information content (AvgIpc) is 2.29. The molecular weight excluding hydrogens is 200 g/mol. The molecule has 0 saturated carbocycles. The molecule has 0 bridgehead atoms. The van der Waals surface area contributed by atoms with Gasteiger partial charge in [0.1, 0.15) is 0 Å². The molecule has 0 amide bonds. The van der Waals surface area contributed by atoms with Gasteiger partial charge in [0.05, 0.1) is 6.61 Å². The van der Waals surface area contributed by atoms with Crippen LogP contribution in [0.4, 0.5) is 5.69 Å². The van der Waals surface area contributed by atoms with Crippen LogP contribution in [0.5, 0.6) is 0 Å². The van der Waals surface area contributed by atoms with Gasteiger partial charge in [-0.3, -0.25) is 4.90 Å². The summed E-state index contributed by atoms with van der Waals surface area (Å²) < 4.78 is 5.11. The minimum atomic E-state index is 0.771. The van der Waals surface area contributed by atoms with Crippen LogP contribution in [0.25, 0.3) is 0 Å². The number of hydrogen-bond donors (Lipinski definition) is 1. The maximum Gasteiger partial charge on any atom is 0.0589 e. The Balaban J connectivity index is 2.56. The molecule has 3 nitrogen and oxygen atoms in total. The van der Waals surface area contributed by atoms with E-state index >= 15 is 0 Å². The maximum atomic E-state index is 5.94. The van der Waals surface area contributed by atoms with E-state index in [2.05, 4.69) is 17.9 Å². The zero-order chi connectivity index (χ0) is 11.8. The molecule has 2 N–H and O–H groups in total. The molecule has 0 radical (unpaired) electrons. The number of para-hydroxylation sites is 1. The number of rotatable bonds is 7. The summed E-state index contributed by atoms with van der Waals surface area (Å²) in [5.74, 6) is 0. The van der Waals surface area contributed by atoms with Gasteiger partial charge in [0.2, 0.25) is 0 Å². The third kappa shape index (κ3) is 4.21. The standard InChI is InChI=1S/C13H22N2O/c1-3-8-15(9-10-16-2)11-12-6-4-5-7-13(12)14/h4-7H,3,8-11,14H2,1-2H3. The van der Waals surface area contributed by atoms with Crippen LogP contribution in [0.15, 0.2) is 24.3 Å². The smallest absolute Gasteiger partial charge is 0.0589 e. The summed E-state index contributed by atoms with van der Waals surface area (Å²) in [6, 6.07) is 8.05. The zero-order valence-electron chi connectivity index (χ0n) is 10.3. The highest BCUT2D eigenvalue weighted by Crippen LogP contribution is 2.13. The van der Waals surface area contributed by atoms with Gasteiger partial charge >= 0.3 is 0 Å². The number of benzene rings is 1. The summed E-state index contributed by atoms with van der Waals surface area (Å²) in [5, 5.41) is 0. The van der Waals surface area contributed by atoms with Crippen molar-refractivity contribution < 1.29 is 4.74 Å². The summed E-state index contributed by atoms with van der Waals surface area (Å²) in [6.07, 6.45) is 1.15. The van der Waals surface area contributed by atoms with Crippen molar-refractivity contribution in [3.05, 3.63) is 29.8 Å². The molecule has 3 heteroatoms. The van der Waals surface area contributed by atoms with E-state index in [-0.39, 0.29) is 0 Å². The van der Waals surface area contributed by atoms with Crippen molar-refractivity contribution in [1.82, 2.24) is 4.90 Å². The van der Waals surface area contributed by atoms with Crippen molar-refractivity contribution in [2.45, 2.75) is 19.9 Å². The molecule has 0 atom stereocenters. The van der Waals surface area contributed by atoms with Crippen LogP contribution in [0.1, 0.15) is 18.9 Å². The normalized spacial score (nSPS) is 10.9. The number of ether oxygens (including phenoxy) is 1. The number of methoxy groups -OCH3 is 1. The van der Waals surface area contributed by atoms with Crippen molar-refractivity contribution in [1.29, 1.82) is 0 Å². The largest absolute Gasteiger partial charge is 0.398 e. The summed E-state index contributed by atoms with van der Waals surface area (Å²) in [5.41, 5.74) is 8.01. The van der Waals surface area contributed by atoms with E-state index in [4.69, 9.17) is 10.5 Å². The number of nitrogen functional groups attached to an aromatic ring is 1. The van der Waals surface area contributed by atoms with Gasteiger partial charge in [-0.05, 0) is 24.6 Å². The van der Waals surface area contributed by atoms with E-state index in [0.29, 0.717) is 0 Å². The van der Waals surface area contributed by atoms with E-state index in [9.17, 15) is 0 Å². The molecule has 1 aromatic carbocycles. The second-order valence-electron chi connectivity index (χ2n) is 3.97. The first-order valence-corrected chi connectivity index (χ1v) is 5.82. The molecule has 0 spiro atoms. The van der Waals surface area contributed by atoms with Crippen LogP contribution in [-0.2, 0) is 11.3 Å². The lowest BCUT2D eigenvalue weighted by Crippen LogP contribution is -2.28. The van der Waals surface area contributed by atoms with E-state index in [1.165, 1.54) is 5.56 Å². The lowest BCUT2D eigenvalue weighted by atomic mass is 10.1. The van der Waals surface area contributed by atoms with Crippen LogP contribution in [0.2, 0.25) is 0 Å². The lowest BCUT2D eigenvalue weighted by molar-refractivity contribution is 0.144. The fourth-order valence-electron chi connectivity index (χ4n) is 1.73. The molecule has 0 aromatic heterocycles. The van der Waals surface area contributed by atoms with Gasteiger partial charge in [0, 0.05) is 25.9 Å². The quantitative estimate of drug-likeness (QED) is 0.718. The Morgan fingerprint density at radius 1 is 1.25 bits per heavy atom. The van der Waals surface area contributed by atoms with Gasteiger partial charge in [0.15, 0.2) is 0 Å². The topological polar surface area (TPSA) is 38.5 Å². The van der Waals surface area contributed by atoms with Gasteiger partial charge in [-0.1, -0.05) is 25.1 Å². The molecule has 90 valence electrons. The second-order valence-corrected chi connectivity index (χ2v) is 3.97. The average molecular weight is 222 g/mol. The number of hydrogen-bond acceptors (Lipinski definition) is 3.